The van der Waals surface area contributed by atoms with Crippen LogP contribution in [0.1, 0.15) is 86.1 Å². The van der Waals surface area contributed by atoms with E-state index in [1.807, 2.05) is 31.2 Å². The van der Waals surface area contributed by atoms with Gasteiger partial charge in [-0.3, -0.25) is 4.79 Å². The summed E-state index contributed by atoms with van der Waals surface area (Å²) in [6.45, 7) is 6.46. The number of rotatable bonds is 6. The van der Waals surface area contributed by atoms with Gasteiger partial charge in [-0.2, -0.15) is 0 Å². The summed E-state index contributed by atoms with van der Waals surface area (Å²) in [4.78, 5) is 11.7. The van der Waals surface area contributed by atoms with E-state index in [9.17, 15) is 9.90 Å². The Hall–Kier alpha value is -3.21. The van der Waals surface area contributed by atoms with E-state index in [0.29, 0.717) is 28.9 Å². The highest BCUT2D eigenvalue weighted by Gasteiger charge is 2.60. The Morgan fingerprint density at radius 1 is 1.00 bits per heavy atom. The number of hydrogen-bond donors (Lipinski definition) is 1. The van der Waals surface area contributed by atoms with E-state index in [1.165, 1.54) is 17.7 Å². The fraction of sp³-hybridized carbons (Fsp3) is 0.441. The lowest BCUT2D eigenvalue weighted by atomic mass is 9.75. The van der Waals surface area contributed by atoms with Crippen LogP contribution in [0.3, 0.4) is 0 Å². The van der Waals surface area contributed by atoms with Gasteiger partial charge in [-0.25, -0.2) is 8.78 Å². The van der Waals surface area contributed by atoms with Crippen LogP contribution in [0, 0.1) is 29.9 Å². The molecule has 0 radical (unpaired) electrons. The van der Waals surface area contributed by atoms with Gasteiger partial charge in [-0.15, -0.1) is 0 Å². The fourth-order valence-electron chi connectivity index (χ4n) is 7.44. The number of fused-ring (bicyclic) bond motifs is 2. The topological polar surface area (TPSA) is 46.5 Å². The molecule has 0 saturated heterocycles. The second-order valence-electron chi connectivity index (χ2n) is 12.7. The number of carbonyl (C=O) groups is 1. The summed E-state index contributed by atoms with van der Waals surface area (Å²) >= 11 is 0. The number of halogens is 2. The van der Waals surface area contributed by atoms with Crippen LogP contribution in [0.4, 0.5) is 8.78 Å². The van der Waals surface area contributed by atoms with Gasteiger partial charge in [-0.05, 0) is 115 Å². The number of carboxylic acid groups (broad SMARTS) is 1. The van der Waals surface area contributed by atoms with Crippen molar-refractivity contribution in [2.45, 2.75) is 83.7 Å². The van der Waals surface area contributed by atoms with Gasteiger partial charge in [0, 0.05) is 16.5 Å². The first-order valence-corrected chi connectivity index (χ1v) is 14.2. The van der Waals surface area contributed by atoms with Gasteiger partial charge >= 0.3 is 5.97 Å². The molecule has 2 fully saturated rings. The minimum Gasteiger partial charge on any atom is -0.489 e. The van der Waals surface area contributed by atoms with Crippen molar-refractivity contribution in [2.24, 2.45) is 11.3 Å². The second-order valence-corrected chi connectivity index (χ2v) is 12.7. The van der Waals surface area contributed by atoms with E-state index in [1.54, 1.807) is 12.1 Å². The molecule has 0 heterocycles. The van der Waals surface area contributed by atoms with Crippen LogP contribution in [0.5, 0.6) is 5.75 Å². The van der Waals surface area contributed by atoms with Gasteiger partial charge in [0.15, 0.2) is 0 Å². The van der Waals surface area contributed by atoms with Crippen molar-refractivity contribution < 1.29 is 23.4 Å². The molecule has 3 aromatic rings. The molecule has 6 rings (SSSR count). The van der Waals surface area contributed by atoms with Crippen LogP contribution in [-0.4, -0.2) is 11.1 Å². The Balaban J connectivity index is 1.34. The quantitative estimate of drug-likeness (QED) is 0.348. The Kier molecular flexibility index (Phi) is 6.32. The molecule has 0 unspecified atom stereocenters. The van der Waals surface area contributed by atoms with Gasteiger partial charge in [-0.1, -0.05) is 38.0 Å². The number of aryl methyl sites for hydroxylation is 2. The molecular formula is C34H36F2O3. The van der Waals surface area contributed by atoms with Crippen LogP contribution in [-0.2, 0) is 23.2 Å². The maximum atomic E-state index is 15.6. The Labute approximate surface area is 229 Å². The predicted octanol–water partition coefficient (Wildman–Crippen LogP) is 8.49. The standard InChI is InChI=1S/C34H36F2O3/c1-20-8-11-30(35)26(14-20)24-17-31(36)22(15-25(24)27-7-5-12-33(27,2)3)19-39-23-10-9-21-6-4-13-34(28(21)16-23)18-29(34)32(37)38/h8-11,14-17,27,29H,4-7,12-13,18-19H2,1-3H3,(H,37,38)/t27-,29+,34+/m1/s1. The third-order valence-corrected chi connectivity index (χ3v) is 9.72. The molecule has 3 aromatic carbocycles. The Morgan fingerprint density at radius 2 is 1.82 bits per heavy atom. The van der Waals surface area contributed by atoms with Crippen LogP contribution < -0.4 is 4.74 Å². The number of aliphatic carboxylic acids is 1. The van der Waals surface area contributed by atoms with E-state index in [4.69, 9.17) is 4.74 Å². The molecule has 204 valence electrons. The molecule has 0 aromatic heterocycles. The monoisotopic (exact) mass is 530 g/mol. The van der Waals surface area contributed by atoms with Crippen LogP contribution in [0.2, 0.25) is 0 Å². The highest BCUT2D eigenvalue weighted by molar-refractivity contribution is 5.78. The zero-order valence-corrected chi connectivity index (χ0v) is 22.9. The summed E-state index contributed by atoms with van der Waals surface area (Å²) < 4.78 is 36.8. The fourth-order valence-corrected chi connectivity index (χ4v) is 7.44. The van der Waals surface area contributed by atoms with E-state index in [-0.39, 0.29) is 35.1 Å². The molecule has 3 aliphatic carbocycles. The van der Waals surface area contributed by atoms with Gasteiger partial charge in [0.1, 0.15) is 24.0 Å². The van der Waals surface area contributed by atoms with Crippen molar-refractivity contribution in [3.63, 3.8) is 0 Å². The zero-order chi connectivity index (χ0) is 27.5. The normalized spacial score (nSPS) is 24.9. The van der Waals surface area contributed by atoms with Gasteiger partial charge in [0.25, 0.3) is 0 Å². The molecule has 3 aliphatic rings. The lowest BCUT2D eigenvalue weighted by Gasteiger charge is -2.30. The molecular weight excluding hydrogens is 494 g/mol. The van der Waals surface area contributed by atoms with Crippen molar-refractivity contribution in [1.82, 2.24) is 0 Å². The van der Waals surface area contributed by atoms with Crippen molar-refractivity contribution in [2.75, 3.05) is 0 Å². The molecule has 5 heteroatoms. The van der Waals surface area contributed by atoms with Crippen molar-refractivity contribution in [1.29, 1.82) is 0 Å². The molecule has 3 nitrogen and oxygen atoms in total. The zero-order valence-electron chi connectivity index (χ0n) is 22.9. The van der Waals surface area contributed by atoms with Crippen molar-refractivity contribution in [3.8, 4) is 16.9 Å². The average molecular weight is 531 g/mol. The van der Waals surface area contributed by atoms with Crippen LogP contribution in [0.15, 0.2) is 48.5 Å². The SMILES string of the molecule is Cc1ccc(F)c(-c2cc(F)c(COc3ccc4c(c3)[C@]3(CCC4)C[C@H]3C(=O)O)cc2[C@H]2CCCC2(C)C)c1. The van der Waals surface area contributed by atoms with E-state index < -0.39 is 11.8 Å². The second kappa shape index (κ2) is 9.46. The van der Waals surface area contributed by atoms with E-state index in [0.717, 1.165) is 55.2 Å². The summed E-state index contributed by atoms with van der Waals surface area (Å²) in [7, 11) is 0. The summed E-state index contributed by atoms with van der Waals surface area (Å²) in [5, 5.41) is 9.64. The number of benzene rings is 3. The molecule has 0 aliphatic heterocycles. The summed E-state index contributed by atoms with van der Waals surface area (Å²) in [6.07, 6.45) is 6.64. The summed E-state index contributed by atoms with van der Waals surface area (Å²) in [6, 6.07) is 14.3. The average Bonchev–Trinajstić information content (AvgIpc) is 3.51. The highest BCUT2D eigenvalue weighted by Crippen LogP contribution is 2.61. The lowest BCUT2D eigenvalue weighted by molar-refractivity contribution is -0.139. The maximum Gasteiger partial charge on any atom is 0.307 e. The first kappa shape index (κ1) is 26.0. The van der Waals surface area contributed by atoms with Gasteiger partial charge in [0.2, 0.25) is 0 Å². The summed E-state index contributed by atoms with van der Waals surface area (Å²) in [5.41, 5.74) is 5.45. The molecule has 3 atom stereocenters. The minimum atomic E-state index is -0.733. The van der Waals surface area contributed by atoms with Crippen LogP contribution in [0.25, 0.3) is 11.1 Å². The Morgan fingerprint density at radius 3 is 2.54 bits per heavy atom. The Bertz CT molecular complexity index is 1460. The summed E-state index contributed by atoms with van der Waals surface area (Å²) in [5.74, 6) is -1.00. The van der Waals surface area contributed by atoms with E-state index in [2.05, 4.69) is 13.8 Å². The van der Waals surface area contributed by atoms with Crippen molar-refractivity contribution >= 4 is 5.97 Å². The number of carboxylic acids is 1. The first-order chi connectivity index (χ1) is 18.6. The largest absolute Gasteiger partial charge is 0.489 e. The van der Waals surface area contributed by atoms with E-state index >= 15 is 8.78 Å². The minimum absolute atomic E-state index is 0.0305. The lowest BCUT2D eigenvalue weighted by Crippen LogP contribution is -2.21. The number of hydrogen-bond acceptors (Lipinski definition) is 2. The number of ether oxygens (including phenoxy) is 1. The van der Waals surface area contributed by atoms with Crippen LogP contribution >= 0.6 is 0 Å². The third kappa shape index (κ3) is 4.54. The van der Waals surface area contributed by atoms with Gasteiger partial charge < -0.3 is 9.84 Å². The molecule has 0 bridgehead atoms. The third-order valence-electron chi connectivity index (χ3n) is 9.72. The molecule has 0 amide bonds. The van der Waals surface area contributed by atoms with Gasteiger partial charge in [0.05, 0.1) is 5.92 Å². The highest BCUT2D eigenvalue weighted by atomic mass is 19.1. The van der Waals surface area contributed by atoms with Crippen molar-refractivity contribution in [3.05, 3.63) is 88.0 Å². The molecule has 39 heavy (non-hydrogen) atoms. The smallest absolute Gasteiger partial charge is 0.307 e. The molecule has 1 spiro atoms. The molecule has 1 N–H and O–H groups in total. The molecule has 2 saturated carbocycles. The maximum absolute atomic E-state index is 15.6. The first-order valence-electron chi connectivity index (χ1n) is 14.2. The predicted molar refractivity (Wildman–Crippen MR) is 148 cm³/mol.